The fourth-order valence-electron chi connectivity index (χ4n) is 2.65. The molecule has 0 bridgehead atoms. The largest absolute Gasteiger partial charge is 0.356 e. The molecule has 2 rings (SSSR count). The van der Waals surface area contributed by atoms with E-state index in [1.807, 2.05) is 39.0 Å². The number of halogens is 2. The number of anilines is 1. The number of aryl methyl sites for hydroxylation is 1. The molecule has 2 aromatic rings. The van der Waals surface area contributed by atoms with E-state index < -0.39 is 0 Å². The van der Waals surface area contributed by atoms with E-state index >= 15 is 0 Å². The number of rotatable bonds is 7. The molecule has 1 heterocycles. The Kier molecular flexibility index (Phi) is 10.0. The Morgan fingerprint density at radius 2 is 1.90 bits per heavy atom. The number of aliphatic imine (C=N–C) groups is 1. The second-order valence-corrected chi connectivity index (χ2v) is 7.21. The van der Waals surface area contributed by atoms with E-state index in [9.17, 15) is 9.18 Å². The van der Waals surface area contributed by atoms with E-state index in [-0.39, 0.29) is 47.5 Å². The lowest BCUT2D eigenvalue weighted by Crippen LogP contribution is -2.44. The Morgan fingerprint density at radius 1 is 1.17 bits per heavy atom. The highest BCUT2D eigenvalue weighted by atomic mass is 127. The molecule has 0 spiro atoms. The van der Waals surface area contributed by atoms with Crippen molar-refractivity contribution in [3.63, 3.8) is 0 Å². The zero-order valence-electron chi connectivity index (χ0n) is 17.3. The highest BCUT2D eigenvalue weighted by Gasteiger charge is 2.21. The lowest BCUT2D eigenvalue weighted by atomic mass is 9.84. The smallest absolute Gasteiger partial charge is 0.227 e. The van der Waals surface area contributed by atoms with E-state index in [0.29, 0.717) is 24.9 Å². The molecule has 0 atom stereocenters. The summed E-state index contributed by atoms with van der Waals surface area (Å²) in [5.41, 5.74) is 1.47. The average Bonchev–Trinajstić information content (AvgIpc) is 2.64. The zero-order valence-corrected chi connectivity index (χ0v) is 19.6. The van der Waals surface area contributed by atoms with Gasteiger partial charge in [-0.15, -0.1) is 24.0 Å². The number of nitrogens with zero attached hydrogens (tertiary/aromatic N) is 2. The van der Waals surface area contributed by atoms with Crippen molar-refractivity contribution in [2.24, 2.45) is 4.99 Å². The van der Waals surface area contributed by atoms with Crippen molar-refractivity contribution < 1.29 is 9.18 Å². The summed E-state index contributed by atoms with van der Waals surface area (Å²) in [5, 5.41) is 9.12. The van der Waals surface area contributed by atoms with Gasteiger partial charge < -0.3 is 16.0 Å². The van der Waals surface area contributed by atoms with Gasteiger partial charge in [0, 0.05) is 37.7 Å². The van der Waals surface area contributed by atoms with E-state index in [2.05, 4.69) is 25.9 Å². The predicted molar refractivity (Wildman–Crippen MR) is 126 cm³/mol. The first-order valence-corrected chi connectivity index (χ1v) is 9.24. The van der Waals surface area contributed by atoms with Gasteiger partial charge in [0.1, 0.15) is 11.6 Å². The van der Waals surface area contributed by atoms with Crippen LogP contribution in [0.4, 0.5) is 10.2 Å². The first-order chi connectivity index (χ1) is 13.3. The third-order valence-corrected chi connectivity index (χ3v) is 4.33. The van der Waals surface area contributed by atoms with Gasteiger partial charge in [0.15, 0.2) is 5.96 Å². The summed E-state index contributed by atoms with van der Waals surface area (Å²) in [5.74, 6) is 0.763. The molecular formula is C21H29FIN5O. The summed E-state index contributed by atoms with van der Waals surface area (Å²) in [7, 11) is 1.67. The molecule has 6 nitrogen and oxygen atoms in total. The topological polar surface area (TPSA) is 78.4 Å². The molecule has 0 radical (unpaired) electrons. The SMILES string of the molecule is CN=C(NCCC(=O)Nc1cccc(C)n1)NCC(C)(C)c1cccc(F)c1.I. The van der Waals surface area contributed by atoms with E-state index in [1.54, 1.807) is 25.2 Å². The Balaban J connectivity index is 0.00000420. The molecule has 0 saturated carbocycles. The third kappa shape index (κ3) is 8.35. The standard InChI is InChI=1S/C21H28FN5O.HI/c1-15-7-5-10-18(26-15)27-19(28)11-12-24-20(23-4)25-14-21(2,3)16-8-6-9-17(22)13-16;/h5-10,13H,11-12,14H2,1-4H3,(H2,23,24,25)(H,26,27,28);1H. The molecule has 1 aromatic heterocycles. The van der Waals surface area contributed by atoms with Crippen molar-refractivity contribution in [2.75, 3.05) is 25.5 Å². The lowest BCUT2D eigenvalue weighted by molar-refractivity contribution is -0.116. The normalized spacial score (nSPS) is 11.4. The monoisotopic (exact) mass is 513 g/mol. The van der Waals surface area contributed by atoms with E-state index in [1.165, 1.54) is 6.07 Å². The highest BCUT2D eigenvalue weighted by Crippen LogP contribution is 2.22. The number of pyridine rings is 1. The van der Waals surface area contributed by atoms with Crippen LogP contribution in [0.5, 0.6) is 0 Å². The number of hydrogen-bond acceptors (Lipinski definition) is 3. The number of carbonyl (C=O) groups excluding carboxylic acids is 1. The summed E-state index contributed by atoms with van der Waals surface area (Å²) in [4.78, 5) is 20.5. The molecule has 3 N–H and O–H groups in total. The van der Waals surface area contributed by atoms with Crippen LogP contribution in [0.25, 0.3) is 0 Å². The number of hydrogen-bond donors (Lipinski definition) is 3. The van der Waals surface area contributed by atoms with Crippen molar-refractivity contribution in [1.29, 1.82) is 0 Å². The summed E-state index contributed by atoms with van der Waals surface area (Å²) < 4.78 is 13.5. The Morgan fingerprint density at radius 3 is 2.55 bits per heavy atom. The number of amides is 1. The van der Waals surface area contributed by atoms with Gasteiger partial charge in [-0.25, -0.2) is 9.37 Å². The molecule has 29 heavy (non-hydrogen) atoms. The molecule has 0 aliphatic carbocycles. The maximum atomic E-state index is 13.5. The van der Waals surface area contributed by atoms with Crippen LogP contribution < -0.4 is 16.0 Å². The summed E-state index contributed by atoms with van der Waals surface area (Å²) in [6, 6.07) is 12.1. The Hall–Kier alpha value is -2.23. The van der Waals surface area contributed by atoms with Gasteiger partial charge in [0.2, 0.25) is 5.91 Å². The maximum absolute atomic E-state index is 13.5. The number of benzene rings is 1. The van der Waals surface area contributed by atoms with E-state index in [4.69, 9.17) is 0 Å². The first kappa shape index (κ1) is 24.8. The van der Waals surface area contributed by atoms with E-state index in [0.717, 1.165) is 11.3 Å². The van der Waals surface area contributed by atoms with Crippen LogP contribution in [0.2, 0.25) is 0 Å². The van der Waals surface area contributed by atoms with Crippen molar-refractivity contribution in [3.05, 3.63) is 59.5 Å². The van der Waals surface area contributed by atoms with Crippen LogP contribution in [0.3, 0.4) is 0 Å². The van der Waals surface area contributed by atoms with Gasteiger partial charge in [-0.3, -0.25) is 9.79 Å². The fourth-order valence-corrected chi connectivity index (χ4v) is 2.65. The molecule has 8 heteroatoms. The predicted octanol–water partition coefficient (Wildman–Crippen LogP) is 3.62. The van der Waals surface area contributed by atoms with Crippen molar-refractivity contribution in [2.45, 2.75) is 32.6 Å². The third-order valence-electron chi connectivity index (χ3n) is 4.33. The minimum absolute atomic E-state index is 0. The summed E-state index contributed by atoms with van der Waals surface area (Å²) in [6.45, 7) is 6.93. The number of aromatic nitrogens is 1. The van der Waals surface area contributed by atoms with Gasteiger partial charge in [-0.05, 0) is 36.8 Å². The Labute approximate surface area is 188 Å². The molecule has 0 aliphatic heterocycles. The molecule has 0 aliphatic rings. The molecule has 0 fully saturated rings. The number of guanidine groups is 1. The average molecular weight is 513 g/mol. The summed E-state index contributed by atoms with van der Waals surface area (Å²) >= 11 is 0. The quantitative estimate of drug-likeness (QED) is 0.300. The number of nitrogens with one attached hydrogen (secondary N) is 3. The first-order valence-electron chi connectivity index (χ1n) is 9.24. The van der Waals surface area contributed by atoms with Crippen LogP contribution in [-0.2, 0) is 10.2 Å². The minimum Gasteiger partial charge on any atom is -0.356 e. The lowest BCUT2D eigenvalue weighted by Gasteiger charge is -2.26. The zero-order chi connectivity index (χ0) is 20.6. The fraction of sp³-hybridized carbons (Fsp3) is 0.381. The van der Waals surface area contributed by atoms with Crippen LogP contribution in [-0.4, -0.2) is 37.0 Å². The Bertz CT molecular complexity index is 841. The van der Waals surface area contributed by atoms with Crippen LogP contribution in [0.1, 0.15) is 31.5 Å². The molecule has 1 amide bonds. The maximum Gasteiger partial charge on any atom is 0.227 e. The van der Waals surface area contributed by atoms with Gasteiger partial charge in [-0.1, -0.05) is 32.0 Å². The van der Waals surface area contributed by atoms with Crippen LogP contribution in [0, 0.1) is 12.7 Å². The molecule has 0 unspecified atom stereocenters. The summed E-state index contributed by atoms with van der Waals surface area (Å²) in [6.07, 6.45) is 0.281. The second kappa shape index (κ2) is 11.7. The molecule has 1 aromatic carbocycles. The number of carbonyl (C=O) groups is 1. The molecular weight excluding hydrogens is 484 g/mol. The molecule has 158 valence electrons. The highest BCUT2D eigenvalue weighted by molar-refractivity contribution is 14.0. The molecule has 0 saturated heterocycles. The van der Waals surface area contributed by atoms with Crippen molar-refractivity contribution >= 4 is 41.7 Å². The van der Waals surface area contributed by atoms with Gasteiger partial charge in [-0.2, -0.15) is 0 Å². The van der Waals surface area contributed by atoms with Crippen LogP contribution in [0.15, 0.2) is 47.5 Å². The van der Waals surface area contributed by atoms with Crippen LogP contribution >= 0.6 is 24.0 Å². The second-order valence-electron chi connectivity index (χ2n) is 7.21. The van der Waals surface area contributed by atoms with Gasteiger partial charge in [0.25, 0.3) is 0 Å². The van der Waals surface area contributed by atoms with Gasteiger partial charge in [0.05, 0.1) is 0 Å². The van der Waals surface area contributed by atoms with Gasteiger partial charge >= 0.3 is 0 Å². The van der Waals surface area contributed by atoms with Crippen molar-refractivity contribution in [3.8, 4) is 0 Å². The van der Waals surface area contributed by atoms with Crippen molar-refractivity contribution in [1.82, 2.24) is 15.6 Å². The minimum atomic E-state index is -0.284.